The molecule has 0 radical (unpaired) electrons. The fraction of sp³-hybridized carbons (Fsp3) is 0.267. The van der Waals surface area contributed by atoms with E-state index in [0.29, 0.717) is 11.3 Å². The van der Waals surface area contributed by atoms with Crippen LogP contribution in [0.5, 0.6) is 0 Å². The number of aromatic nitrogens is 2. The van der Waals surface area contributed by atoms with Crippen LogP contribution in [0.15, 0.2) is 18.2 Å². The first-order valence-corrected chi connectivity index (χ1v) is 7.57. The third-order valence-corrected chi connectivity index (χ3v) is 3.99. The number of nitrogens with one attached hydrogen (secondary N) is 1. The van der Waals surface area contributed by atoms with Crippen molar-refractivity contribution in [2.24, 2.45) is 0 Å². The molecule has 1 aliphatic rings. The summed E-state index contributed by atoms with van der Waals surface area (Å²) >= 11 is 6.14. The van der Waals surface area contributed by atoms with Crippen molar-refractivity contribution in [1.29, 1.82) is 0 Å². The van der Waals surface area contributed by atoms with Gasteiger partial charge >= 0.3 is 5.97 Å². The lowest BCUT2D eigenvalue weighted by molar-refractivity contribution is -0.123. The molecule has 126 valence electrons. The first-order chi connectivity index (χ1) is 11.4. The number of amides is 1. The molecule has 24 heavy (non-hydrogen) atoms. The number of anilines is 1. The number of hydrogen-bond donors (Lipinski definition) is 2. The predicted octanol–water partition coefficient (Wildman–Crippen LogP) is 1.65. The van der Waals surface area contributed by atoms with Crippen molar-refractivity contribution in [1.82, 2.24) is 14.9 Å². The van der Waals surface area contributed by atoms with Gasteiger partial charge in [0.15, 0.2) is 0 Å². The van der Waals surface area contributed by atoms with Crippen LogP contribution in [-0.2, 0) is 16.1 Å². The number of imidazole rings is 1. The lowest BCUT2D eigenvalue weighted by Crippen LogP contribution is -2.40. The third-order valence-electron chi connectivity index (χ3n) is 3.64. The van der Waals surface area contributed by atoms with Crippen LogP contribution in [0.2, 0.25) is 5.02 Å². The molecule has 0 unspecified atom stereocenters. The monoisotopic (exact) mass is 352 g/mol. The molecule has 9 heteroatoms. The van der Waals surface area contributed by atoms with Gasteiger partial charge in [0.05, 0.1) is 18.3 Å². The number of carbonyl (C=O) groups excluding carboxylic acids is 2. The van der Waals surface area contributed by atoms with Gasteiger partial charge in [-0.3, -0.25) is 4.79 Å². The summed E-state index contributed by atoms with van der Waals surface area (Å²) in [5.74, 6) is -1.60. The molecule has 1 aromatic carbocycles. The Balaban J connectivity index is 2.15. The van der Waals surface area contributed by atoms with Gasteiger partial charge in [-0.15, -0.1) is 0 Å². The van der Waals surface area contributed by atoms with Gasteiger partial charge in [-0.1, -0.05) is 11.6 Å². The van der Waals surface area contributed by atoms with Crippen LogP contribution < -0.4 is 11.1 Å². The van der Waals surface area contributed by atoms with Gasteiger partial charge in [-0.05, 0) is 25.1 Å². The zero-order valence-electron chi connectivity index (χ0n) is 12.7. The van der Waals surface area contributed by atoms with Crippen LogP contribution in [0.4, 0.5) is 10.2 Å². The number of ether oxygens (including phenoxy) is 1. The van der Waals surface area contributed by atoms with Gasteiger partial charge in [0.1, 0.15) is 18.2 Å². The summed E-state index contributed by atoms with van der Waals surface area (Å²) < 4.78 is 19.9. The highest BCUT2D eigenvalue weighted by Gasteiger charge is 2.34. The Morgan fingerprint density at radius 3 is 3.04 bits per heavy atom. The Morgan fingerprint density at radius 1 is 1.58 bits per heavy atom. The SMILES string of the molecule is CCOC(=O)c1nc(N)c2n1CC(=O)N[C@H]2c1cc(F)ccc1Cl. The largest absolute Gasteiger partial charge is 0.460 e. The minimum Gasteiger partial charge on any atom is -0.460 e. The highest BCUT2D eigenvalue weighted by atomic mass is 35.5. The molecule has 0 spiro atoms. The van der Waals surface area contributed by atoms with Gasteiger partial charge in [0.25, 0.3) is 0 Å². The zero-order chi connectivity index (χ0) is 17.4. The lowest BCUT2D eigenvalue weighted by Gasteiger charge is -2.27. The molecular weight excluding hydrogens is 339 g/mol. The van der Waals surface area contributed by atoms with Gasteiger partial charge in [0.2, 0.25) is 11.7 Å². The van der Waals surface area contributed by atoms with Crippen molar-refractivity contribution >= 4 is 29.3 Å². The van der Waals surface area contributed by atoms with Crippen molar-refractivity contribution in [2.45, 2.75) is 19.5 Å². The molecular formula is C15H14ClFN4O3. The van der Waals surface area contributed by atoms with E-state index in [9.17, 15) is 14.0 Å². The predicted molar refractivity (Wildman–Crippen MR) is 84.0 cm³/mol. The highest BCUT2D eigenvalue weighted by Crippen LogP contribution is 2.34. The van der Waals surface area contributed by atoms with Crippen LogP contribution in [0.1, 0.15) is 34.8 Å². The standard InChI is InChI=1S/C15H14ClFN4O3/c1-2-24-15(23)14-20-13(18)12-11(19-10(22)6-21(12)14)8-5-7(17)3-4-9(8)16/h3-5,11H,2,6,18H2,1H3,(H,19,22)/t11-/m0/s1. The van der Waals surface area contributed by atoms with E-state index in [-0.39, 0.29) is 35.7 Å². The molecule has 0 aliphatic carbocycles. The van der Waals surface area contributed by atoms with E-state index >= 15 is 0 Å². The average molecular weight is 353 g/mol. The number of fused-ring (bicyclic) bond motifs is 1. The summed E-state index contributed by atoms with van der Waals surface area (Å²) in [6, 6.07) is 2.99. The summed E-state index contributed by atoms with van der Waals surface area (Å²) in [4.78, 5) is 28.1. The van der Waals surface area contributed by atoms with Gasteiger partial charge in [-0.25, -0.2) is 14.2 Å². The van der Waals surface area contributed by atoms with E-state index in [0.717, 1.165) is 0 Å². The maximum absolute atomic E-state index is 13.6. The van der Waals surface area contributed by atoms with Crippen LogP contribution in [0, 0.1) is 5.82 Å². The first kappa shape index (κ1) is 16.3. The summed E-state index contributed by atoms with van der Waals surface area (Å²) in [7, 11) is 0. The number of carbonyl (C=O) groups is 2. The molecule has 3 N–H and O–H groups in total. The number of nitrogens with zero attached hydrogens (tertiary/aromatic N) is 2. The van der Waals surface area contributed by atoms with Crippen LogP contribution in [-0.4, -0.2) is 28.0 Å². The molecule has 0 fully saturated rings. The number of esters is 1. The lowest BCUT2D eigenvalue weighted by atomic mass is 10.0. The zero-order valence-corrected chi connectivity index (χ0v) is 13.4. The molecule has 7 nitrogen and oxygen atoms in total. The average Bonchev–Trinajstić information content (AvgIpc) is 2.86. The van der Waals surface area contributed by atoms with E-state index in [1.807, 2.05) is 0 Å². The second-order valence-corrected chi connectivity index (χ2v) is 5.59. The molecule has 2 aromatic rings. The van der Waals surface area contributed by atoms with Crippen molar-refractivity contribution in [3.05, 3.63) is 46.1 Å². The first-order valence-electron chi connectivity index (χ1n) is 7.19. The quantitative estimate of drug-likeness (QED) is 0.818. The number of nitrogens with two attached hydrogens (primary N) is 1. The molecule has 1 aromatic heterocycles. The van der Waals surface area contributed by atoms with E-state index in [2.05, 4.69) is 10.3 Å². The van der Waals surface area contributed by atoms with Gasteiger partial charge < -0.3 is 20.4 Å². The number of hydrogen-bond acceptors (Lipinski definition) is 5. The number of rotatable bonds is 3. The van der Waals surface area contributed by atoms with E-state index < -0.39 is 17.8 Å². The van der Waals surface area contributed by atoms with Crippen molar-refractivity contribution in [3.8, 4) is 0 Å². The van der Waals surface area contributed by atoms with Crippen molar-refractivity contribution < 1.29 is 18.7 Å². The number of benzene rings is 1. The number of nitrogen functional groups attached to an aromatic ring is 1. The molecule has 2 heterocycles. The highest BCUT2D eigenvalue weighted by molar-refractivity contribution is 6.31. The Bertz CT molecular complexity index is 836. The maximum Gasteiger partial charge on any atom is 0.374 e. The Morgan fingerprint density at radius 2 is 2.33 bits per heavy atom. The van der Waals surface area contributed by atoms with E-state index in [1.165, 1.54) is 22.8 Å². The maximum atomic E-state index is 13.6. The topological polar surface area (TPSA) is 99.2 Å². The second-order valence-electron chi connectivity index (χ2n) is 5.18. The Hall–Kier alpha value is -2.61. The molecule has 1 amide bonds. The fourth-order valence-electron chi connectivity index (χ4n) is 2.68. The van der Waals surface area contributed by atoms with Crippen molar-refractivity contribution in [2.75, 3.05) is 12.3 Å². The summed E-state index contributed by atoms with van der Waals surface area (Å²) in [5.41, 5.74) is 6.62. The smallest absolute Gasteiger partial charge is 0.374 e. The Kier molecular flexibility index (Phi) is 4.15. The summed E-state index contributed by atoms with van der Waals surface area (Å²) in [6.45, 7) is 1.67. The fourth-order valence-corrected chi connectivity index (χ4v) is 2.91. The van der Waals surface area contributed by atoms with Gasteiger partial charge in [-0.2, -0.15) is 0 Å². The second kappa shape index (κ2) is 6.12. The Labute approximate surface area is 141 Å². The van der Waals surface area contributed by atoms with Crippen molar-refractivity contribution in [3.63, 3.8) is 0 Å². The molecule has 1 aliphatic heterocycles. The van der Waals surface area contributed by atoms with Crippen LogP contribution in [0.3, 0.4) is 0 Å². The van der Waals surface area contributed by atoms with E-state index in [4.69, 9.17) is 22.1 Å². The number of halogens is 2. The van der Waals surface area contributed by atoms with Crippen LogP contribution in [0.25, 0.3) is 0 Å². The molecule has 0 saturated carbocycles. The summed E-state index contributed by atoms with van der Waals surface area (Å²) in [5, 5.41) is 2.96. The summed E-state index contributed by atoms with van der Waals surface area (Å²) in [6.07, 6.45) is 0. The molecule has 1 atom stereocenters. The minimum atomic E-state index is -0.815. The normalized spacial score (nSPS) is 16.5. The van der Waals surface area contributed by atoms with Gasteiger partial charge in [0, 0.05) is 10.6 Å². The molecule has 0 saturated heterocycles. The van der Waals surface area contributed by atoms with E-state index in [1.54, 1.807) is 6.92 Å². The minimum absolute atomic E-state index is 0.0448. The molecule has 3 rings (SSSR count). The van der Waals surface area contributed by atoms with Crippen LogP contribution >= 0.6 is 11.6 Å². The third kappa shape index (κ3) is 2.69. The molecule has 0 bridgehead atoms.